The van der Waals surface area contributed by atoms with Gasteiger partial charge in [0.05, 0.1) is 0 Å². The molecule has 2 amide bonds. The van der Waals surface area contributed by atoms with Gasteiger partial charge in [-0.25, -0.2) is 4.79 Å². The molecule has 4 heteroatoms. The normalized spacial score (nSPS) is 17.6. The number of carbonyl (C=O) groups is 1. The quantitative estimate of drug-likeness (QED) is 0.897. The number of benzene rings is 1. The lowest BCUT2D eigenvalue weighted by Gasteiger charge is -2.40. The highest BCUT2D eigenvalue weighted by Gasteiger charge is 2.33. The molecule has 0 aromatic heterocycles. The Labute approximate surface area is 127 Å². The van der Waals surface area contributed by atoms with Crippen molar-refractivity contribution < 1.29 is 9.90 Å². The van der Waals surface area contributed by atoms with Gasteiger partial charge in [0.15, 0.2) is 0 Å². The minimum Gasteiger partial charge on any atom is -0.396 e. The van der Waals surface area contributed by atoms with E-state index >= 15 is 0 Å². The van der Waals surface area contributed by atoms with Gasteiger partial charge in [-0.1, -0.05) is 19.1 Å². The molecule has 116 valence electrons. The number of carbonyl (C=O) groups excluding carboxylic acids is 1. The molecule has 1 aromatic rings. The largest absolute Gasteiger partial charge is 0.396 e. The minimum absolute atomic E-state index is 0.00995. The summed E-state index contributed by atoms with van der Waals surface area (Å²) in [7, 11) is 0. The van der Waals surface area contributed by atoms with Crippen LogP contribution in [0.3, 0.4) is 0 Å². The van der Waals surface area contributed by atoms with Gasteiger partial charge in [-0.15, -0.1) is 0 Å². The minimum atomic E-state index is -0.0358. The van der Waals surface area contributed by atoms with Crippen molar-refractivity contribution in [1.82, 2.24) is 4.90 Å². The van der Waals surface area contributed by atoms with E-state index in [0.29, 0.717) is 13.1 Å². The summed E-state index contributed by atoms with van der Waals surface area (Å²) in [6, 6.07) is 6.03. The van der Waals surface area contributed by atoms with E-state index in [9.17, 15) is 9.90 Å². The first-order valence-electron chi connectivity index (χ1n) is 7.74. The second-order valence-corrected chi connectivity index (χ2v) is 6.25. The van der Waals surface area contributed by atoms with Gasteiger partial charge in [-0.3, -0.25) is 0 Å². The number of aliphatic hydroxyl groups is 1. The van der Waals surface area contributed by atoms with E-state index < -0.39 is 0 Å². The van der Waals surface area contributed by atoms with Crippen molar-refractivity contribution in [1.29, 1.82) is 0 Å². The average Bonchev–Trinajstić information content (AvgIpc) is 2.51. The van der Waals surface area contributed by atoms with Gasteiger partial charge in [-0.2, -0.15) is 0 Å². The molecule has 0 bridgehead atoms. The van der Waals surface area contributed by atoms with E-state index in [1.807, 2.05) is 36.9 Å². The lowest BCUT2D eigenvalue weighted by atomic mass is 9.77. The Balaban J connectivity index is 1.98. The highest BCUT2D eigenvalue weighted by Crippen LogP contribution is 2.34. The third-order valence-corrected chi connectivity index (χ3v) is 4.83. The topological polar surface area (TPSA) is 52.6 Å². The first-order valence-corrected chi connectivity index (χ1v) is 7.74. The number of nitrogens with zero attached hydrogens (tertiary/aromatic N) is 1. The third-order valence-electron chi connectivity index (χ3n) is 4.83. The molecule has 1 saturated heterocycles. The lowest BCUT2D eigenvalue weighted by molar-refractivity contribution is 0.0542. The molecule has 1 aliphatic rings. The number of amides is 2. The van der Waals surface area contributed by atoms with Crippen LogP contribution < -0.4 is 5.32 Å². The standard InChI is InChI=1S/C17H26N2O2/c1-4-17(12-20)7-9-19(10-8-17)16(21)18-15-11-13(2)5-6-14(15)3/h5-6,11,20H,4,7-10,12H2,1-3H3,(H,18,21). The highest BCUT2D eigenvalue weighted by molar-refractivity contribution is 5.90. The summed E-state index contributed by atoms with van der Waals surface area (Å²) in [4.78, 5) is 14.2. The monoisotopic (exact) mass is 290 g/mol. The number of nitrogens with one attached hydrogen (secondary N) is 1. The van der Waals surface area contributed by atoms with E-state index in [-0.39, 0.29) is 18.1 Å². The Hall–Kier alpha value is -1.55. The number of hydrogen-bond acceptors (Lipinski definition) is 2. The number of aryl methyl sites for hydroxylation is 2. The van der Waals surface area contributed by atoms with Gasteiger partial charge in [0, 0.05) is 25.4 Å². The number of likely N-dealkylation sites (tertiary alicyclic amines) is 1. The number of rotatable bonds is 3. The first-order chi connectivity index (χ1) is 9.99. The van der Waals surface area contributed by atoms with Crippen molar-refractivity contribution in [3.8, 4) is 0 Å². The first kappa shape index (κ1) is 15.8. The predicted molar refractivity (Wildman–Crippen MR) is 85.6 cm³/mol. The Morgan fingerprint density at radius 1 is 1.33 bits per heavy atom. The Morgan fingerprint density at radius 2 is 2.00 bits per heavy atom. The zero-order valence-corrected chi connectivity index (χ0v) is 13.3. The van der Waals surface area contributed by atoms with Crippen molar-refractivity contribution in [2.24, 2.45) is 5.41 Å². The summed E-state index contributed by atoms with van der Waals surface area (Å²) in [6.07, 6.45) is 2.72. The zero-order chi connectivity index (χ0) is 15.5. The van der Waals surface area contributed by atoms with Gasteiger partial charge in [0.1, 0.15) is 0 Å². The molecule has 2 rings (SSSR count). The van der Waals surface area contributed by atoms with Gasteiger partial charge in [-0.05, 0) is 55.7 Å². The third kappa shape index (κ3) is 3.56. The van der Waals surface area contributed by atoms with Crippen molar-refractivity contribution >= 4 is 11.7 Å². The SMILES string of the molecule is CCC1(CO)CCN(C(=O)Nc2cc(C)ccc2C)CC1. The molecule has 1 heterocycles. The molecule has 0 spiro atoms. The number of anilines is 1. The second kappa shape index (κ2) is 6.48. The van der Waals surface area contributed by atoms with E-state index in [1.54, 1.807) is 0 Å². The fraction of sp³-hybridized carbons (Fsp3) is 0.588. The number of urea groups is 1. The Morgan fingerprint density at radius 3 is 2.57 bits per heavy atom. The van der Waals surface area contributed by atoms with Crippen LogP contribution in [0, 0.1) is 19.3 Å². The van der Waals surface area contributed by atoms with E-state index in [4.69, 9.17) is 0 Å². The van der Waals surface area contributed by atoms with Gasteiger partial charge < -0.3 is 15.3 Å². The molecule has 1 aromatic carbocycles. The maximum absolute atomic E-state index is 12.4. The summed E-state index contributed by atoms with van der Waals surface area (Å²) in [5, 5.41) is 12.6. The van der Waals surface area contributed by atoms with Crippen molar-refractivity contribution in [2.45, 2.75) is 40.0 Å². The lowest BCUT2D eigenvalue weighted by Crippen LogP contribution is -2.46. The molecular weight excluding hydrogens is 264 g/mol. The average molecular weight is 290 g/mol. The summed E-state index contributed by atoms with van der Waals surface area (Å²) < 4.78 is 0. The van der Waals surface area contributed by atoms with Crippen LogP contribution in [0.15, 0.2) is 18.2 Å². The molecule has 1 fully saturated rings. The van der Waals surface area contributed by atoms with Crippen LogP contribution in [0.1, 0.15) is 37.3 Å². The van der Waals surface area contributed by atoms with E-state index in [2.05, 4.69) is 12.2 Å². The zero-order valence-electron chi connectivity index (χ0n) is 13.3. The Bertz CT molecular complexity index is 500. The molecule has 4 nitrogen and oxygen atoms in total. The van der Waals surface area contributed by atoms with Crippen molar-refractivity contribution in [3.05, 3.63) is 29.3 Å². The predicted octanol–water partition coefficient (Wildman–Crippen LogP) is 3.32. The van der Waals surface area contributed by atoms with Crippen LogP contribution in [0.5, 0.6) is 0 Å². The number of hydrogen-bond donors (Lipinski definition) is 2. The summed E-state index contributed by atoms with van der Waals surface area (Å²) in [5.41, 5.74) is 3.11. The van der Waals surface area contributed by atoms with Crippen LogP contribution in [0.25, 0.3) is 0 Å². The molecule has 21 heavy (non-hydrogen) atoms. The fourth-order valence-electron chi connectivity index (χ4n) is 2.87. The molecule has 0 radical (unpaired) electrons. The van der Waals surface area contributed by atoms with Crippen LogP contribution in [-0.4, -0.2) is 35.7 Å². The molecule has 1 aliphatic heterocycles. The van der Waals surface area contributed by atoms with Crippen molar-refractivity contribution in [3.63, 3.8) is 0 Å². The number of aliphatic hydroxyl groups excluding tert-OH is 1. The maximum Gasteiger partial charge on any atom is 0.321 e. The Kier molecular flexibility index (Phi) is 4.88. The molecular formula is C17H26N2O2. The molecule has 2 N–H and O–H groups in total. The summed E-state index contributed by atoms with van der Waals surface area (Å²) in [5.74, 6) is 0. The smallest absolute Gasteiger partial charge is 0.321 e. The van der Waals surface area contributed by atoms with Gasteiger partial charge in [0.2, 0.25) is 0 Å². The van der Waals surface area contributed by atoms with E-state index in [1.165, 1.54) is 0 Å². The second-order valence-electron chi connectivity index (χ2n) is 6.25. The summed E-state index contributed by atoms with van der Waals surface area (Å²) >= 11 is 0. The summed E-state index contributed by atoms with van der Waals surface area (Å²) in [6.45, 7) is 7.78. The van der Waals surface area contributed by atoms with Crippen LogP contribution >= 0.6 is 0 Å². The highest BCUT2D eigenvalue weighted by atomic mass is 16.3. The fourth-order valence-corrected chi connectivity index (χ4v) is 2.87. The van der Waals surface area contributed by atoms with Gasteiger partial charge >= 0.3 is 6.03 Å². The molecule has 0 aliphatic carbocycles. The van der Waals surface area contributed by atoms with Crippen LogP contribution in [0.4, 0.5) is 10.5 Å². The van der Waals surface area contributed by atoms with Crippen LogP contribution in [0.2, 0.25) is 0 Å². The molecule has 0 unspecified atom stereocenters. The van der Waals surface area contributed by atoms with Crippen molar-refractivity contribution in [2.75, 3.05) is 25.0 Å². The number of piperidine rings is 1. The van der Waals surface area contributed by atoms with Crippen LogP contribution in [-0.2, 0) is 0 Å². The molecule has 0 atom stereocenters. The maximum atomic E-state index is 12.4. The molecule has 0 saturated carbocycles. The van der Waals surface area contributed by atoms with E-state index in [0.717, 1.165) is 36.1 Å². The van der Waals surface area contributed by atoms with Gasteiger partial charge in [0.25, 0.3) is 0 Å².